The van der Waals surface area contributed by atoms with Crippen molar-refractivity contribution in [2.24, 2.45) is 0 Å². The number of para-hydroxylation sites is 1. The number of nitrogens with zero attached hydrogens (tertiary/aromatic N) is 1. The zero-order valence-corrected chi connectivity index (χ0v) is 15.0. The number of benzene rings is 2. The van der Waals surface area contributed by atoms with Gasteiger partial charge in [0.1, 0.15) is 28.9 Å². The first-order valence-corrected chi connectivity index (χ1v) is 9.04. The molecule has 0 aliphatic rings. The van der Waals surface area contributed by atoms with Gasteiger partial charge in [0, 0.05) is 6.54 Å². The molecule has 0 unspecified atom stereocenters. The molecular formula is C21H25NO3. The Bertz CT molecular complexity index is 894. The summed E-state index contributed by atoms with van der Waals surface area (Å²) in [4.78, 5) is 15.3. The topological polar surface area (TPSA) is 42.7 Å². The second-order valence-electron chi connectivity index (χ2n) is 6.25. The smallest absolute Gasteiger partial charge is 0.204 e. The van der Waals surface area contributed by atoms with E-state index in [0.29, 0.717) is 34.3 Å². The second kappa shape index (κ2) is 8.17. The summed E-state index contributed by atoms with van der Waals surface area (Å²) in [6, 6.07) is 12.9. The fraction of sp³-hybridized carbons (Fsp3) is 0.381. The van der Waals surface area contributed by atoms with Gasteiger partial charge in [-0.15, -0.1) is 0 Å². The number of hydrogen-bond donors (Lipinski definition) is 0. The summed E-state index contributed by atoms with van der Waals surface area (Å²) in [5.41, 5.74) is 1.14. The highest BCUT2D eigenvalue weighted by molar-refractivity contribution is 5.93. The van der Waals surface area contributed by atoms with Gasteiger partial charge in [-0.25, -0.2) is 0 Å². The molecule has 4 heteroatoms. The molecule has 3 aromatic rings. The van der Waals surface area contributed by atoms with Gasteiger partial charge < -0.3 is 9.15 Å². The minimum absolute atomic E-state index is 0.0357. The standard InChI is InChI=1S/C21H25NO3/c1-3-12-22(13-4-2)14-15-24-18-10-7-11-19-20(18)21(23)16-8-5-6-9-17(16)25-19/h5-11H,3-4,12-15H2,1-2H3. The Morgan fingerprint density at radius 3 is 2.40 bits per heavy atom. The largest absolute Gasteiger partial charge is 0.491 e. The number of ether oxygens (including phenoxy) is 1. The molecular weight excluding hydrogens is 314 g/mol. The first-order chi connectivity index (χ1) is 12.2. The van der Waals surface area contributed by atoms with Crippen LogP contribution in [0, 0.1) is 0 Å². The molecule has 0 amide bonds. The van der Waals surface area contributed by atoms with Gasteiger partial charge in [0.25, 0.3) is 0 Å². The number of rotatable bonds is 8. The van der Waals surface area contributed by atoms with Crippen molar-refractivity contribution in [3.63, 3.8) is 0 Å². The van der Waals surface area contributed by atoms with E-state index < -0.39 is 0 Å². The van der Waals surface area contributed by atoms with Crippen molar-refractivity contribution >= 4 is 21.9 Å². The van der Waals surface area contributed by atoms with Crippen LogP contribution in [0.15, 0.2) is 51.7 Å². The molecule has 0 radical (unpaired) electrons. The third-order valence-electron chi connectivity index (χ3n) is 4.31. The molecule has 0 aliphatic heterocycles. The van der Waals surface area contributed by atoms with E-state index in [0.717, 1.165) is 32.5 Å². The summed E-state index contributed by atoms with van der Waals surface area (Å²) >= 11 is 0. The molecule has 132 valence electrons. The lowest BCUT2D eigenvalue weighted by atomic mass is 10.1. The van der Waals surface area contributed by atoms with Gasteiger partial charge in [-0.05, 0) is 50.2 Å². The van der Waals surface area contributed by atoms with E-state index in [4.69, 9.17) is 9.15 Å². The highest BCUT2D eigenvalue weighted by Crippen LogP contribution is 2.26. The van der Waals surface area contributed by atoms with Gasteiger partial charge in [0.05, 0.1) is 5.39 Å². The fourth-order valence-electron chi connectivity index (χ4n) is 3.19. The first kappa shape index (κ1) is 17.5. The summed E-state index contributed by atoms with van der Waals surface area (Å²) in [5.74, 6) is 0.602. The maximum atomic E-state index is 12.9. The minimum atomic E-state index is -0.0357. The average molecular weight is 339 g/mol. The third kappa shape index (κ3) is 3.85. The molecule has 0 N–H and O–H groups in total. The van der Waals surface area contributed by atoms with Crippen LogP contribution in [0.3, 0.4) is 0 Å². The molecule has 25 heavy (non-hydrogen) atoms. The summed E-state index contributed by atoms with van der Waals surface area (Å²) in [6.45, 7) is 7.93. The van der Waals surface area contributed by atoms with Gasteiger partial charge in [-0.3, -0.25) is 9.69 Å². The van der Waals surface area contributed by atoms with Crippen LogP contribution in [-0.4, -0.2) is 31.1 Å². The van der Waals surface area contributed by atoms with Crippen molar-refractivity contribution in [2.45, 2.75) is 26.7 Å². The molecule has 1 aromatic heterocycles. The van der Waals surface area contributed by atoms with E-state index in [-0.39, 0.29) is 5.43 Å². The maximum Gasteiger partial charge on any atom is 0.204 e. The Hall–Kier alpha value is -2.33. The first-order valence-electron chi connectivity index (χ1n) is 9.04. The molecule has 0 fully saturated rings. The van der Waals surface area contributed by atoms with Gasteiger partial charge in [0.15, 0.2) is 0 Å². The summed E-state index contributed by atoms with van der Waals surface area (Å²) in [5, 5.41) is 1.11. The van der Waals surface area contributed by atoms with Crippen molar-refractivity contribution in [1.29, 1.82) is 0 Å². The molecule has 0 saturated carbocycles. The molecule has 2 aromatic carbocycles. The van der Waals surface area contributed by atoms with Crippen LogP contribution in [0.2, 0.25) is 0 Å². The lowest BCUT2D eigenvalue weighted by Gasteiger charge is -2.21. The van der Waals surface area contributed by atoms with Crippen molar-refractivity contribution in [3.05, 3.63) is 52.7 Å². The average Bonchev–Trinajstić information content (AvgIpc) is 2.62. The summed E-state index contributed by atoms with van der Waals surface area (Å²) < 4.78 is 11.9. The monoisotopic (exact) mass is 339 g/mol. The predicted molar refractivity (Wildman–Crippen MR) is 103 cm³/mol. The Morgan fingerprint density at radius 1 is 0.920 bits per heavy atom. The molecule has 0 aliphatic carbocycles. The van der Waals surface area contributed by atoms with Gasteiger partial charge in [0.2, 0.25) is 5.43 Å². The SMILES string of the molecule is CCCN(CCC)CCOc1cccc2oc3ccccc3c(=O)c12. The minimum Gasteiger partial charge on any atom is -0.491 e. The van der Waals surface area contributed by atoms with Crippen molar-refractivity contribution < 1.29 is 9.15 Å². The van der Waals surface area contributed by atoms with E-state index in [9.17, 15) is 4.79 Å². The van der Waals surface area contributed by atoms with E-state index in [1.54, 1.807) is 6.07 Å². The number of hydrogen-bond acceptors (Lipinski definition) is 4. The molecule has 0 bridgehead atoms. The second-order valence-corrected chi connectivity index (χ2v) is 6.25. The van der Waals surface area contributed by atoms with E-state index in [2.05, 4.69) is 18.7 Å². The van der Waals surface area contributed by atoms with E-state index in [1.165, 1.54) is 0 Å². The lowest BCUT2D eigenvalue weighted by molar-refractivity contribution is 0.210. The van der Waals surface area contributed by atoms with Gasteiger partial charge in [-0.2, -0.15) is 0 Å². The van der Waals surface area contributed by atoms with Crippen LogP contribution >= 0.6 is 0 Å². The fourth-order valence-corrected chi connectivity index (χ4v) is 3.19. The number of fused-ring (bicyclic) bond motifs is 2. The van der Waals surface area contributed by atoms with Gasteiger partial charge in [-0.1, -0.05) is 32.0 Å². The molecule has 0 atom stereocenters. The highest BCUT2D eigenvalue weighted by Gasteiger charge is 2.12. The molecule has 1 heterocycles. The van der Waals surface area contributed by atoms with E-state index in [1.807, 2.05) is 36.4 Å². The van der Waals surface area contributed by atoms with Crippen LogP contribution in [0.4, 0.5) is 0 Å². The summed E-state index contributed by atoms with van der Waals surface area (Å²) in [7, 11) is 0. The Morgan fingerprint density at radius 2 is 1.64 bits per heavy atom. The normalized spacial score (nSPS) is 11.5. The maximum absolute atomic E-state index is 12.9. The Labute approximate surface area is 148 Å². The Balaban J connectivity index is 1.87. The van der Waals surface area contributed by atoms with E-state index >= 15 is 0 Å². The zero-order chi connectivity index (χ0) is 17.6. The lowest BCUT2D eigenvalue weighted by Crippen LogP contribution is -2.30. The van der Waals surface area contributed by atoms with Crippen molar-refractivity contribution in [1.82, 2.24) is 4.90 Å². The van der Waals surface area contributed by atoms with Crippen LogP contribution in [-0.2, 0) is 0 Å². The quantitative estimate of drug-likeness (QED) is 0.569. The van der Waals surface area contributed by atoms with Crippen LogP contribution < -0.4 is 10.2 Å². The molecule has 4 nitrogen and oxygen atoms in total. The zero-order valence-electron chi connectivity index (χ0n) is 15.0. The third-order valence-corrected chi connectivity index (χ3v) is 4.31. The van der Waals surface area contributed by atoms with Gasteiger partial charge >= 0.3 is 0 Å². The van der Waals surface area contributed by atoms with Crippen LogP contribution in [0.25, 0.3) is 21.9 Å². The predicted octanol–water partition coefficient (Wildman–Crippen LogP) is 4.45. The summed E-state index contributed by atoms with van der Waals surface area (Å²) in [6.07, 6.45) is 2.26. The van der Waals surface area contributed by atoms with Crippen molar-refractivity contribution in [2.75, 3.05) is 26.2 Å². The van der Waals surface area contributed by atoms with Crippen LogP contribution in [0.5, 0.6) is 5.75 Å². The molecule has 3 rings (SSSR count). The molecule has 0 spiro atoms. The Kier molecular flexibility index (Phi) is 5.71. The van der Waals surface area contributed by atoms with Crippen LogP contribution in [0.1, 0.15) is 26.7 Å². The highest BCUT2D eigenvalue weighted by atomic mass is 16.5. The molecule has 0 saturated heterocycles. The van der Waals surface area contributed by atoms with Crippen molar-refractivity contribution in [3.8, 4) is 5.75 Å².